The van der Waals surface area contributed by atoms with Crippen molar-refractivity contribution in [1.29, 1.82) is 0 Å². The van der Waals surface area contributed by atoms with Crippen molar-refractivity contribution >= 4 is 28.2 Å². The average molecular weight is 446 g/mol. The highest BCUT2D eigenvalue weighted by Crippen LogP contribution is 2.29. The predicted molar refractivity (Wildman–Crippen MR) is 116 cm³/mol. The highest BCUT2D eigenvalue weighted by Gasteiger charge is 2.18. The molecule has 0 spiro atoms. The first-order valence-corrected chi connectivity index (χ1v) is 9.63. The Labute approximate surface area is 182 Å². The second-order valence-electron chi connectivity index (χ2n) is 6.72. The molecule has 1 unspecified atom stereocenters. The molecule has 162 valence electrons. The lowest BCUT2D eigenvalue weighted by atomic mass is 10.1. The minimum absolute atomic E-state index is 0.0335. The number of nitro groups is 1. The van der Waals surface area contributed by atoms with Gasteiger partial charge in [0.2, 0.25) is 0 Å². The van der Waals surface area contributed by atoms with Gasteiger partial charge in [0.1, 0.15) is 17.7 Å². The van der Waals surface area contributed by atoms with Gasteiger partial charge in [0, 0.05) is 6.07 Å². The number of rotatable bonds is 9. The van der Waals surface area contributed by atoms with Crippen LogP contribution in [-0.4, -0.2) is 39.4 Å². The number of hydrogen-bond acceptors (Lipinski definition) is 7. The summed E-state index contributed by atoms with van der Waals surface area (Å²) < 4.78 is 12.1. The highest BCUT2D eigenvalue weighted by molar-refractivity contribution is 6.33. The van der Waals surface area contributed by atoms with Gasteiger partial charge in [0.15, 0.2) is 11.5 Å². The van der Waals surface area contributed by atoms with E-state index < -0.39 is 16.6 Å². The quantitative estimate of drug-likeness (QED) is 0.305. The molecule has 10 heteroatoms. The molecule has 0 bridgehead atoms. The van der Waals surface area contributed by atoms with Crippen molar-refractivity contribution in [3.63, 3.8) is 0 Å². The molecule has 0 aliphatic rings. The number of aliphatic hydroxyl groups excluding tert-OH is 1. The normalized spacial score (nSPS) is 11.8. The molecule has 0 fully saturated rings. The minimum atomic E-state index is -1.04. The topological polar surface area (TPSA) is 117 Å². The van der Waals surface area contributed by atoms with Gasteiger partial charge in [0.05, 0.1) is 35.8 Å². The van der Waals surface area contributed by atoms with Gasteiger partial charge in [-0.2, -0.15) is 0 Å². The van der Waals surface area contributed by atoms with Gasteiger partial charge in [-0.05, 0) is 30.2 Å². The van der Waals surface area contributed by atoms with Crippen LogP contribution < -0.4 is 15.0 Å². The molecule has 31 heavy (non-hydrogen) atoms. The predicted octanol–water partition coefficient (Wildman–Crippen LogP) is 3.14. The van der Waals surface area contributed by atoms with Crippen molar-refractivity contribution in [2.24, 2.45) is 0 Å². The van der Waals surface area contributed by atoms with Crippen molar-refractivity contribution in [1.82, 2.24) is 9.55 Å². The number of allylic oxidation sites excluding steroid dienone is 1. The number of ether oxygens (including phenoxy) is 2. The molecule has 0 aliphatic heterocycles. The number of benzene rings is 2. The van der Waals surface area contributed by atoms with Gasteiger partial charge in [-0.25, -0.2) is 4.98 Å². The van der Waals surface area contributed by atoms with E-state index in [1.165, 1.54) is 24.1 Å². The third kappa shape index (κ3) is 5.01. The Bertz CT molecular complexity index is 1190. The van der Waals surface area contributed by atoms with E-state index in [9.17, 15) is 20.0 Å². The molecule has 2 aromatic carbocycles. The maximum absolute atomic E-state index is 12.7. The number of halogens is 1. The molecular formula is C21H20ClN3O6. The summed E-state index contributed by atoms with van der Waals surface area (Å²) in [5.74, 6) is 0.962. The van der Waals surface area contributed by atoms with Gasteiger partial charge in [-0.3, -0.25) is 19.5 Å². The second kappa shape index (κ2) is 9.59. The molecule has 0 saturated heterocycles. The van der Waals surface area contributed by atoms with Crippen molar-refractivity contribution in [2.45, 2.75) is 19.1 Å². The third-order valence-electron chi connectivity index (χ3n) is 4.54. The molecule has 0 radical (unpaired) electrons. The van der Waals surface area contributed by atoms with Crippen LogP contribution in [0, 0.1) is 10.1 Å². The number of aliphatic hydroxyl groups is 1. The number of nitrogens with zero attached hydrogens (tertiary/aromatic N) is 3. The molecule has 3 rings (SSSR count). The molecule has 3 aromatic rings. The van der Waals surface area contributed by atoms with Crippen LogP contribution in [-0.2, 0) is 13.0 Å². The van der Waals surface area contributed by atoms with Crippen molar-refractivity contribution in [2.75, 3.05) is 13.7 Å². The molecule has 1 N–H and O–H groups in total. The van der Waals surface area contributed by atoms with Crippen LogP contribution in [0.1, 0.15) is 5.56 Å². The number of methoxy groups -OCH3 is 1. The standard InChI is InChI=1S/C21H20ClN3O6/c1-3-4-13-5-6-19(20(7-13)30-2)31-11-14(26)10-24-12-23-17-9-16(22)18(25(28)29)8-15(17)21(24)27/h3,5-9,12,14,26H,1,4,10-11H2,2H3. The maximum atomic E-state index is 12.7. The van der Waals surface area contributed by atoms with E-state index in [1.807, 2.05) is 12.1 Å². The lowest BCUT2D eigenvalue weighted by molar-refractivity contribution is -0.384. The van der Waals surface area contributed by atoms with E-state index in [0.29, 0.717) is 17.9 Å². The summed E-state index contributed by atoms with van der Waals surface area (Å²) in [4.78, 5) is 27.2. The summed E-state index contributed by atoms with van der Waals surface area (Å²) in [7, 11) is 1.52. The number of aromatic nitrogens is 2. The Balaban J connectivity index is 1.76. The lowest BCUT2D eigenvalue weighted by Gasteiger charge is -2.16. The fourth-order valence-electron chi connectivity index (χ4n) is 3.03. The van der Waals surface area contributed by atoms with Crippen LogP contribution in [0.3, 0.4) is 0 Å². The van der Waals surface area contributed by atoms with Crippen LogP contribution in [0.15, 0.2) is 54.1 Å². The van der Waals surface area contributed by atoms with Crippen LogP contribution in [0.25, 0.3) is 10.9 Å². The molecule has 9 nitrogen and oxygen atoms in total. The highest BCUT2D eigenvalue weighted by atomic mass is 35.5. The van der Waals surface area contributed by atoms with Crippen molar-refractivity contribution < 1.29 is 19.5 Å². The van der Waals surface area contributed by atoms with Crippen LogP contribution in [0.5, 0.6) is 11.5 Å². The van der Waals surface area contributed by atoms with E-state index >= 15 is 0 Å². The Kier molecular flexibility index (Phi) is 6.88. The van der Waals surface area contributed by atoms with Gasteiger partial charge in [-0.1, -0.05) is 23.7 Å². The number of fused-ring (bicyclic) bond motifs is 1. The molecule has 1 heterocycles. The van der Waals surface area contributed by atoms with Crippen molar-refractivity contribution in [3.05, 3.63) is 80.4 Å². The van der Waals surface area contributed by atoms with Gasteiger partial charge in [0.25, 0.3) is 11.2 Å². The SMILES string of the molecule is C=CCc1ccc(OCC(O)Cn2cnc3cc(Cl)c([N+](=O)[O-])cc3c2=O)c(OC)c1. The van der Waals surface area contributed by atoms with Crippen molar-refractivity contribution in [3.8, 4) is 11.5 Å². The van der Waals surface area contributed by atoms with Crippen LogP contribution in [0.2, 0.25) is 5.02 Å². The van der Waals surface area contributed by atoms with E-state index in [4.69, 9.17) is 21.1 Å². The largest absolute Gasteiger partial charge is 0.493 e. The first-order valence-electron chi connectivity index (χ1n) is 9.25. The third-order valence-corrected chi connectivity index (χ3v) is 4.84. The van der Waals surface area contributed by atoms with Gasteiger partial charge >= 0.3 is 0 Å². The summed E-state index contributed by atoms with van der Waals surface area (Å²) in [5.41, 5.74) is 0.312. The monoisotopic (exact) mass is 445 g/mol. The fraction of sp³-hybridized carbons (Fsp3) is 0.238. The molecule has 0 aliphatic carbocycles. The smallest absolute Gasteiger partial charge is 0.288 e. The Hall–Kier alpha value is -3.43. The van der Waals surface area contributed by atoms with E-state index in [1.54, 1.807) is 12.1 Å². The molecule has 0 amide bonds. The summed E-state index contributed by atoms with van der Waals surface area (Å²) >= 11 is 5.86. The number of hydrogen-bond donors (Lipinski definition) is 1. The Morgan fingerprint density at radius 3 is 2.81 bits per heavy atom. The van der Waals surface area contributed by atoms with Gasteiger partial charge in [-0.15, -0.1) is 6.58 Å². The summed E-state index contributed by atoms with van der Waals surface area (Å²) in [6, 6.07) is 7.77. The summed E-state index contributed by atoms with van der Waals surface area (Å²) in [6.07, 6.45) is 2.66. The Morgan fingerprint density at radius 1 is 1.35 bits per heavy atom. The van der Waals surface area contributed by atoms with Crippen LogP contribution >= 0.6 is 11.6 Å². The number of nitro benzene ring substituents is 1. The summed E-state index contributed by atoms with van der Waals surface area (Å²) in [6.45, 7) is 3.47. The van der Waals surface area contributed by atoms with E-state index in [2.05, 4.69) is 11.6 Å². The van der Waals surface area contributed by atoms with Gasteiger partial charge < -0.3 is 14.6 Å². The second-order valence-corrected chi connectivity index (χ2v) is 7.13. The van der Waals surface area contributed by atoms with E-state index in [-0.39, 0.29) is 34.8 Å². The maximum Gasteiger partial charge on any atom is 0.288 e. The zero-order chi connectivity index (χ0) is 22.5. The van der Waals surface area contributed by atoms with E-state index in [0.717, 1.165) is 11.6 Å². The molecule has 1 atom stereocenters. The van der Waals surface area contributed by atoms with Crippen LogP contribution in [0.4, 0.5) is 5.69 Å². The molecular weight excluding hydrogens is 426 g/mol. The first-order chi connectivity index (χ1) is 14.8. The lowest BCUT2D eigenvalue weighted by Crippen LogP contribution is -2.30. The zero-order valence-corrected chi connectivity index (χ0v) is 17.4. The summed E-state index contributed by atoms with van der Waals surface area (Å²) in [5, 5.41) is 21.4. The molecule has 1 aromatic heterocycles. The average Bonchev–Trinajstić information content (AvgIpc) is 2.74. The Morgan fingerprint density at radius 2 is 2.13 bits per heavy atom. The molecule has 0 saturated carbocycles. The zero-order valence-electron chi connectivity index (χ0n) is 16.7. The minimum Gasteiger partial charge on any atom is -0.493 e. The first kappa shape index (κ1) is 22.3. The fourth-order valence-corrected chi connectivity index (χ4v) is 3.26.